The molecule has 0 aromatic carbocycles. The smallest absolute Gasteiger partial charge is 0.462 e. The molecule has 0 spiro atoms. The first-order valence-corrected chi connectivity index (χ1v) is 48.1. The standard InChI is InChI=1S/C87H170O17P2/c1-6-9-12-15-18-21-24-27-30-33-35-37-39-42-45-48-51-58-63-68-73-86(91)103-82(76-97-84(89)70-65-60-55-49-46-43-41-38-36-34-31-28-25-22-19-16-13-10-7-2)78-101-105(93,94)99-74-81(88)75-100-106(95,96)102-79-83(77-98-85(90)71-66-61-56-53-52-54-59-64-69-80(4)5)104-87(92)72-67-62-57-50-47-44-40-32-29-26-23-20-17-14-11-8-3/h80-83,88H,6-79H2,1-5H3,(H,93,94)(H,95,96)/t81-,82-,83-/m1/s1. The van der Waals surface area contributed by atoms with Gasteiger partial charge in [0.1, 0.15) is 19.3 Å². The van der Waals surface area contributed by atoms with Crippen LogP contribution in [0.3, 0.4) is 0 Å². The van der Waals surface area contributed by atoms with Crippen molar-refractivity contribution >= 4 is 39.5 Å². The third-order valence-electron chi connectivity index (χ3n) is 20.5. The molecule has 0 aliphatic carbocycles. The summed E-state index contributed by atoms with van der Waals surface area (Å²) in [5, 5.41) is 10.7. The van der Waals surface area contributed by atoms with E-state index in [9.17, 15) is 43.2 Å². The maximum absolute atomic E-state index is 13.2. The number of rotatable bonds is 87. The molecule has 0 bridgehead atoms. The second kappa shape index (κ2) is 79.7. The highest BCUT2D eigenvalue weighted by Crippen LogP contribution is 2.45. The first-order chi connectivity index (χ1) is 51.5. The van der Waals surface area contributed by atoms with Crippen molar-refractivity contribution in [1.82, 2.24) is 0 Å². The van der Waals surface area contributed by atoms with Gasteiger partial charge in [-0.2, -0.15) is 0 Å². The summed E-state index contributed by atoms with van der Waals surface area (Å²) in [6.07, 6.45) is 73.7. The third kappa shape index (κ3) is 80.1. The number of unbranched alkanes of at least 4 members (excludes halogenated alkanes) is 59. The Morgan fingerprint density at radius 2 is 0.434 bits per heavy atom. The molecule has 3 N–H and O–H groups in total. The van der Waals surface area contributed by atoms with E-state index < -0.39 is 97.5 Å². The lowest BCUT2D eigenvalue weighted by Crippen LogP contribution is -2.30. The van der Waals surface area contributed by atoms with E-state index in [1.54, 1.807) is 0 Å². The van der Waals surface area contributed by atoms with Gasteiger partial charge in [-0.15, -0.1) is 0 Å². The highest BCUT2D eigenvalue weighted by molar-refractivity contribution is 7.47. The van der Waals surface area contributed by atoms with E-state index >= 15 is 0 Å². The fourth-order valence-corrected chi connectivity index (χ4v) is 15.2. The summed E-state index contributed by atoms with van der Waals surface area (Å²) in [5.41, 5.74) is 0. The lowest BCUT2D eigenvalue weighted by atomic mass is 10.0. The lowest BCUT2D eigenvalue weighted by Gasteiger charge is -2.21. The molecule has 0 amide bonds. The van der Waals surface area contributed by atoms with E-state index in [2.05, 4.69) is 34.6 Å². The van der Waals surface area contributed by atoms with Gasteiger partial charge in [0.05, 0.1) is 26.4 Å². The zero-order valence-electron chi connectivity index (χ0n) is 69.6. The van der Waals surface area contributed by atoms with Gasteiger partial charge in [0.2, 0.25) is 0 Å². The van der Waals surface area contributed by atoms with Crippen molar-refractivity contribution in [3.63, 3.8) is 0 Å². The Kier molecular flexibility index (Phi) is 78.2. The van der Waals surface area contributed by atoms with Crippen LogP contribution >= 0.6 is 15.6 Å². The average molecular weight is 1550 g/mol. The Balaban J connectivity index is 5.24. The summed E-state index contributed by atoms with van der Waals surface area (Å²) >= 11 is 0. The number of esters is 4. The van der Waals surface area contributed by atoms with Crippen LogP contribution in [0.15, 0.2) is 0 Å². The largest absolute Gasteiger partial charge is 0.472 e. The molecule has 0 fully saturated rings. The molecule has 0 radical (unpaired) electrons. The molecule has 0 aliphatic heterocycles. The van der Waals surface area contributed by atoms with Crippen molar-refractivity contribution in [1.29, 1.82) is 0 Å². The van der Waals surface area contributed by atoms with Crippen LogP contribution in [0.25, 0.3) is 0 Å². The van der Waals surface area contributed by atoms with Gasteiger partial charge in [-0.3, -0.25) is 37.3 Å². The topological polar surface area (TPSA) is 237 Å². The Morgan fingerprint density at radius 3 is 0.642 bits per heavy atom. The molecular formula is C87H170O17P2. The summed E-state index contributed by atoms with van der Waals surface area (Å²) in [6.45, 7) is 7.34. The molecule has 0 aromatic rings. The van der Waals surface area contributed by atoms with Crippen molar-refractivity contribution in [2.24, 2.45) is 5.92 Å². The third-order valence-corrected chi connectivity index (χ3v) is 22.4. The van der Waals surface area contributed by atoms with Crippen LogP contribution in [0, 0.1) is 5.92 Å². The van der Waals surface area contributed by atoms with Gasteiger partial charge in [0.15, 0.2) is 12.2 Å². The predicted molar refractivity (Wildman–Crippen MR) is 437 cm³/mol. The SMILES string of the molecule is CCCCCCCCCCCCCCCCCCCCCCC(=O)O[C@H](COC(=O)CCCCCCCCCCCCCCCCCCCCC)COP(=O)(O)OC[C@@H](O)COP(=O)(O)OC[C@@H](COC(=O)CCCCCCCCCCC(C)C)OC(=O)CCCCCCCCCCCCCCCCCC. The highest BCUT2D eigenvalue weighted by atomic mass is 31.2. The molecule has 19 heteroatoms. The predicted octanol–water partition coefficient (Wildman–Crippen LogP) is 26.8. The van der Waals surface area contributed by atoms with Gasteiger partial charge < -0.3 is 33.8 Å². The Hall–Kier alpha value is -1.94. The summed E-state index contributed by atoms with van der Waals surface area (Å²) in [6, 6.07) is 0. The Bertz CT molecular complexity index is 2010. The second-order valence-electron chi connectivity index (χ2n) is 31.8. The fraction of sp³-hybridized carbons (Fsp3) is 0.954. The van der Waals surface area contributed by atoms with E-state index in [1.165, 1.54) is 295 Å². The first-order valence-electron chi connectivity index (χ1n) is 45.1. The normalized spacial score (nSPS) is 13.7. The van der Waals surface area contributed by atoms with Crippen LogP contribution in [-0.2, 0) is 65.4 Å². The molecule has 0 aromatic heterocycles. The van der Waals surface area contributed by atoms with Gasteiger partial charge in [-0.05, 0) is 31.6 Å². The van der Waals surface area contributed by atoms with Gasteiger partial charge in [-0.1, -0.05) is 420 Å². The van der Waals surface area contributed by atoms with Crippen molar-refractivity contribution in [3.8, 4) is 0 Å². The second-order valence-corrected chi connectivity index (χ2v) is 34.7. The number of phosphoric ester groups is 2. The summed E-state index contributed by atoms with van der Waals surface area (Å²) < 4.78 is 68.9. The fourth-order valence-electron chi connectivity index (χ4n) is 13.6. The van der Waals surface area contributed by atoms with Crippen molar-refractivity contribution in [2.75, 3.05) is 39.6 Å². The Morgan fingerprint density at radius 1 is 0.255 bits per heavy atom. The number of hydrogen-bond donors (Lipinski definition) is 3. The van der Waals surface area contributed by atoms with E-state index in [-0.39, 0.29) is 25.7 Å². The maximum Gasteiger partial charge on any atom is 0.472 e. The van der Waals surface area contributed by atoms with Gasteiger partial charge in [-0.25, -0.2) is 9.13 Å². The minimum atomic E-state index is -4.97. The van der Waals surface area contributed by atoms with Crippen LogP contribution < -0.4 is 0 Å². The number of hydrogen-bond acceptors (Lipinski definition) is 15. The molecule has 0 heterocycles. The molecule has 0 saturated heterocycles. The minimum absolute atomic E-state index is 0.108. The monoisotopic (exact) mass is 1550 g/mol. The molecule has 2 unspecified atom stereocenters. The zero-order valence-corrected chi connectivity index (χ0v) is 71.4. The molecule has 0 aliphatic rings. The molecule has 630 valence electrons. The maximum atomic E-state index is 13.2. The van der Waals surface area contributed by atoms with Crippen molar-refractivity contribution in [2.45, 2.75) is 490 Å². The summed E-state index contributed by atoms with van der Waals surface area (Å²) in [5.74, 6) is -1.37. The number of ether oxygens (including phenoxy) is 4. The van der Waals surface area contributed by atoms with E-state index in [4.69, 9.17) is 37.0 Å². The number of carbonyl (C=O) groups excluding carboxylic acids is 4. The number of aliphatic hydroxyl groups is 1. The van der Waals surface area contributed by atoms with E-state index in [0.29, 0.717) is 25.7 Å². The highest BCUT2D eigenvalue weighted by Gasteiger charge is 2.30. The van der Waals surface area contributed by atoms with Crippen molar-refractivity contribution < 1.29 is 80.2 Å². The molecule has 0 saturated carbocycles. The van der Waals surface area contributed by atoms with Crippen LogP contribution in [0.2, 0.25) is 0 Å². The minimum Gasteiger partial charge on any atom is -0.462 e. The quantitative estimate of drug-likeness (QED) is 0.0222. The van der Waals surface area contributed by atoms with Crippen LogP contribution in [0.1, 0.15) is 471 Å². The summed E-state index contributed by atoms with van der Waals surface area (Å²) in [4.78, 5) is 73.3. The molecule has 5 atom stereocenters. The van der Waals surface area contributed by atoms with Gasteiger partial charge in [0.25, 0.3) is 0 Å². The van der Waals surface area contributed by atoms with Crippen LogP contribution in [0.4, 0.5) is 0 Å². The lowest BCUT2D eigenvalue weighted by molar-refractivity contribution is -0.161. The first kappa shape index (κ1) is 104. The molecule has 0 rings (SSSR count). The number of carbonyl (C=O) groups is 4. The number of phosphoric acid groups is 2. The zero-order chi connectivity index (χ0) is 77.6. The Labute approximate surface area is 651 Å². The van der Waals surface area contributed by atoms with Gasteiger partial charge >= 0.3 is 39.5 Å². The van der Waals surface area contributed by atoms with Crippen LogP contribution in [0.5, 0.6) is 0 Å². The molecular weight excluding hydrogens is 1380 g/mol. The van der Waals surface area contributed by atoms with Gasteiger partial charge in [0, 0.05) is 25.7 Å². The molecule has 106 heavy (non-hydrogen) atoms. The number of aliphatic hydroxyl groups excluding tert-OH is 1. The average Bonchev–Trinajstić information content (AvgIpc) is 0.903. The van der Waals surface area contributed by atoms with Crippen molar-refractivity contribution in [3.05, 3.63) is 0 Å². The van der Waals surface area contributed by atoms with Crippen LogP contribution in [-0.4, -0.2) is 96.7 Å². The molecule has 17 nitrogen and oxygen atoms in total. The van der Waals surface area contributed by atoms with E-state index in [0.717, 1.165) is 95.8 Å². The van der Waals surface area contributed by atoms with E-state index in [1.807, 2.05) is 0 Å². The summed E-state index contributed by atoms with van der Waals surface area (Å²) in [7, 11) is -9.93.